The molecule has 0 radical (unpaired) electrons. The molecular formula is C15H10BrFO. The molecule has 2 aromatic rings. The third-order valence-electron chi connectivity index (χ3n) is 2.42. The first-order chi connectivity index (χ1) is 8.72. The molecule has 2 aromatic carbocycles. The summed E-state index contributed by atoms with van der Waals surface area (Å²) in [6, 6.07) is 12.1. The zero-order valence-electron chi connectivity index (χ0n) is 9.49. The predicted octanol–water partition coefficient (Wildman–Crippen LogP) is 4.27. The number of hydrogen-bond acceptors (Lipinski definition) is 1. The van der Waals surface area contributed by atoms with Gasteiger partial charge in [-0.25, -0.2) is 4.39 Å². The van der Waals surface area contributed by atoms with Gasteiger partial charge in [-0.2, -0.15) is 0 Å². The number of benzene rings is 2. The Morgan fingerprint density at radius 2 is 1.94 bits per heavy atom. The molecule has 2 rings (SSSR count). The second kappa shape index (κ2) is 5.70. The zero-order chi connectivity index (χ0) is 13.0. The monoisotopic (exact) mass is 304 g/mol. The number of ether oxygens (including phenoxy) is 1. The third kappa shape index (κ3) is 2.72. The molecule has 0 spiro atoms. The highest BCUT2D eigenvalue weighted by molar-refractivity contribution is 9.10. The summed E-state index contributed by atoms with van der Waals surface area (Å²) >= 11 is 3.35. The van der Waals surface area contributed by atoms with Crippen LogP contribution in [0.5, 0.6) is 5.75 Å². The van der Waals surface area contributed by atoms with Gasteiger partial charge >= 0.3 is 0 Å². The summed E-state index contributed by atoms with van der Waals surface area (Å²) in [5.41, 5.74) is 1.74. The minimum absolute atomic E-state index is 0.204. The van der Waals surface area contributed by atoms with Crippen LogP contribution in [0.25, 0.3) is 11.1 Å². The van der Waals surface area contributed by atoms with Gasteiger partial charge in [-0.1, -0.05) is 46.1 Å². The van der Waals surface area contributed by atoms with Crippen LogP contribution in [0.1, 0.15) is 0 Å². The van der Waals surface area contributed by atoms with Crippen molar-refractivity contribution in [3.05, 3.63) is 52.8 Å². The lowest BCUT2D eigenvalue weighted by Gasteiger charge is -2.11. The lowest BCUT2D eigenvalue weighted by Crippen LogP contribution is -1.95. The molecule has 0 saturated heterocycles. The van der Waals surface area contributed by atoms with E-state index in [1.54, 1.807) is 6.07 Å². The van der Waals surface area contributed by atoms with Gasteiger partial charge in [0.15, 0.2) is 0 Å². The van der Waals surface area contributed by atoms with Gasteiger partial charge in [0, 0.05) is 10.0 Å². The second-order valence-electron chi connectivity index (χ2n) is 3.61. The van der Waals surface area contributed by atoms with Crippen LogP contribution in [0, 0.1) is 18.2 Å². The van der Waals surface area contributed by atoms with Crippen LogP contribution < -0.4 is 4.74 Å². The van der Waals surface area contributed by atoms with Crippen molar-refractivity contribution in [3.8, 4) is 29.2 Å². The molecule has 0 heterocycles. The highest BCUT2D eigenvalue weighted by Crippen LogP contribution is 2.35. The molecule has 3 heteroatoms. The van der Waals surface area contributed by atoms with Crippen molar-refractivity contribution in [1.29, 1.82) is 0 Å². The zero-order valence-corrected chi connectivity index (χ0v) is 11.1. The highest BCUT2D eigenvalue weighted by atomic mass is 79.9. The Labute approximate surface area is 114 Å². The van der Waals surface area contributed by atoms with Gasteiger partial charge in [0.25, 0.3) is 0 Å². The molecule has 0 fully saturated rings. The average molecular weight is 305 g/mol. The third-order valence-corrected chi connectivity index (χ3v) is 3.08. The van der Waals surface area contributed by atoms with Crippen LogP contribution in [0.3, 0.4) is 0 Å². The van der Waals surface area contributed by atoms with Crippen LogP contribution >= 0.6 is 15.9 Å². The van der Waals surface area contributed by atoms with E-state index < -0.39 is 0 Å². The molecule has 18 heavy (non-hydrogen) atoms. The van der Waals surface area contributed by atoms with E-state index in [-0.39, 0.29) is 12.4 Å². The molecule has 0 N–H and O–H groups in total. The average Bonchev–Trinajstić information content (AvgIpc) is 2.37. The fraction of sp³-hybridized carbons (Fsp3) is 0.0667. The fourth-order valence-electron chi connectivity index (χ4n) is 1.64. The molecule has 0 aliphatic carbocycles. The Bertz CT molecular complexity index is 602. The number of terminal acetylenes is 1. The molecule has 0 atom stereocenters. The van der Waals surface area contributed by atoms with Crippen molar-refractivity contribution in [1.82, 2.24) is 0 Å². The first-order valence-corrected chi connectivity index (χ1v) is 6.12. The second-order valence-corrected chi connectivity index (χ2v) is 4.47. The van der Waals surface area contributed by atoms with Crippen molar-refractivity contribution in [2.75, 3.05) is 6.61 Å². The van der Waals surface area contributed by atoms with Crippen molar-refractivity contribution >= 4 is 15.9 Å². The smallest absolute Gasteiger partial charge is 0.148 e. The predicted molar refractivity (Wildman–Crippen MR) is 73.9 cm³/mol. The maximum absolute atomic E-state index is 13.1. The standard InChI is InChI=1S/C15H10BrFO/c1-2-9-18-15-6-4-3-5-13(15)12-8-7-11(17)10-14(12)16/h1,3-8,10H,9H2. The van der Waals surface area contributed by atoms with E-state index in [0.29, 0.717) is 10.2 Å². The van der Waals surface area contributed by atoms with Gasteiger partial charge in [0.1, 0.15) is 18.2 Å². The molecule has 0 aliphatic heterocycles. The Morgan fingerprint density at radius 3 is 2.67 bits per heavy atom. The van der Waals surface area contributed by atoms with Gasteiger partial charge in [0.05, 0.1) is 0 Å². The first-order valence-electron chi connectivity index (χ1n) is 5.33. The normalized spacial score (nSPS) is 9.83. The van der Waals surface area contributed by atoms with Crippen molar-refractivity contribution in [2.45, 2.75) is 0 Å². The summed E-state index contributed by atoms with van der Waals surface area (Å²) in [6.45, 7) is 0.204. The van der Waals surface area contributed by atoms with Gasteiger partial charge < -0.3 is 4.74 Å². The number of para-hydroxylation sites is 1. The molecule has 0 amide bonds. The lowest BCUT2D eigenvalue weighted by molar-refractivity contribution is 0.372. The maximum atomic E-state index is 13.1. The Balaban J connectivity index is 2.47. The Kier molecular flexibility index (Phi) is 4.01. The Hall–Kier alpha value is -1.79. The van der Waals surface area contributed by atoms with Crippen molar-refractivity contribution in [2.24, 2.45) is 0 Å². The largest absolute Gasteiger partial charge is 0.480 e. The van der Waals surface area contributed by atoms with Gasteiger partial charge in [-0.15, -0.1) is 6.42 Å². The van der Waals surface area contributed by atoms with E-state index in [1.165, 1.54) is 12.1 Å². The molecule has 0 unspecified atom stereocenters. The maximum Gasteiger partial charge on any atom is 0.148 e. The van der Waals surface area contributed by atoms with E-state index in [9.17, 15) is 4.39 Å². The molecule has 0 aliphatic rings. The van der Waals surface area contributed by atoms with E-state index >= 15 is 0 Å². The number of rotatable bonds is 3. The summed E-state index contributed by atoms with van der Waals surface area (Å²) in [5, 5.41) is 0. The highest BCUT2D eigenvalue weighted by Gasteiger charge is 2.09. The summed E-state index contributed by atoms with van der Waals surface area (Å²) in [7, 11) is 0. The van der Waals surface area contributed by atoms with E-state index in [1.807, 2.05) is 24.3 Å². The molecule has 90 valence electrons. The van der Waals surface area contributed by atoms with Gasteiger partial charge in [-0.3, -0.25) is 0 Å². The van der Waals surface area contributed by atoms with Crippen LogP contribution in [0.4, 0.5) is 4.39 Å². The molecule has 1 nitrogen and oxygen atoms in total. The van der Waals surface area contributed by atoms with Crippen LogP contribution in [-0.2, 0) is 0 Å². The number of halogens is 2. The lowest BCUT2D eigenvalue weighted by atomic mass is 10.0. The number of hydrogen-bond donors (Lipinski definition) is 0. The quantitative estimate of drug-likeness (QED) is 0.770. The molecule has 0 saturated carbocycles. The van der Waals surface area contributed by atoms with Crippen LogP contribution in [-0.4, -0.2) is 6.61 Å². The van der Waals surface area contributed by atoms with Crippen molar-refractivity contribution < 1.29 is 9.13 Å². The molecule has 0 bridgehead atoms. The summed E-state index contributed by atoms with van der Waals surface area (Å²) < 4.78 is 19.2. The van der Waals surface area contributed by atoms with E-state index in [2.05, 4.69) is 21.9 Å². The minimum atomic E-state index is -0.285. The molecule has 0 aromatic heterocycles. The topological polar surface area (TPSA) is 9.23 Å². The van der Waals surface area contributed by atoms with Crippen LogP contribution in [0.2, 0.25) is 0 Å². The van der Waals surface area contributed by atoms with E-state index in [4.69, 9.17) is 11.2 Å². The SMILES string of the molecule is C#CCOc1ccccc1-c1ccc(F)cc1Br. The summed E-state index contributed by atoms with van der Waals surface area (Å²) in [6.07, 6.45) is 5.18. The first kappa shape index (κ1) is 12.7. The summed E-state index contributed by atoms with van der Waals surface area (Å²) in [5.74, 6) is 2.82. The van der Waals surface area contributed by atoms with Gasteiger partial charge in [0.2, 0.25) is 0 Å². The van der Waals surface area contributed by atoms with Crippen LogP contribution in [0.15, 0.2) is 46.9 Å². The van der Waals surface area contributed by atoms with Crippen molar-refractivity contribution in [3.63, 3.8) is 0 Å². The van der Waals surface area contributed by atoms with Gasteiger partial charge in [-0.05, 0) is 23.8 Å². The Morgan fingerprint density at radius 1 is 1.17 bits per heavy atom. The fourth-order valence-corrected chi connectivity index (χ4v) is 2.21. The minimum Gasteiger partial charge on any atom is -0.480 e. The summed E-state index contributed by atoms with van der Waals surface area (Å²) in [4.78, 5) is 0. The molecular weight excluding hydrogens is 295 g/mol. The van der Waals surface area contributed by atoms with E-state index in [0.717, 1.165) is 11.1 Å².